The molecular formula is C14H15ClN2O2. The van der Waals surface area contributed by atoms with Crippen LogP contribution in [0.2, 0.25) is 5.02 Å². The molecule has 1 atom stereocenters. The number of fused-ring (bicyclic) bond motifs is 1. The zero-order chi connectivity index (χ0) is 13.8. The first-order chi connectivity index (χ1) is 9.08. The topological polar surface area (TPSA) is 62.2 Å². The van der Waals surface area contributed by atoms with Gasteiger partial charge in [-0.1, -0.05) is 18.5 Å². The predicted molar refractivity (Wildman–Crippen MR) is 76.7 cm³/mol. The second-order valence-corrected chi connectivity index (χ2v) is 4.91. The molecule has 0 fully saturated rings. The first-order valence-corrected chi connectivity index (χ1v) is 6.46. The van der Waals surface area contributed by atoms with Crippen molar-refractivity contribution in [3.05, 3.63) is 35.5 Å². The molecular weight excluding hydrogens is 264 g/mol. The number of benzene rings is 1. The average Bonchev–Trinajstić information content (AvgIpc) is 2.38. The molecule has 0 amide bonds. The third kappa shape index (κ3) is 3.35. The Kier molecular flexibility index (Phi) is 4.22. The number of carboxylic acid groups (broad SMARTS) is 1. The highest BCUT2D eigenvalue weighted by Crippen LogP contribution is 2.24. The Morgan fingerprint density at radius 3 is 3.00 bits per heavy atom. The SMILES string of the molecule is CC(CCNc1ccnc2cc(Cl)ccc12)C(=O)O. The Balaban J connectivity index is 2.11. The number of anilines is 1. The van der Waals surface area contributed by atoms with Gasteiger partial charge in [0.1, 0.15) is 0 Å². The highest BCUT2D eigenvalue weighted by atomic mass is 35.5. The maximum absolute atomic E-state index is 10.7. The zero-order valence-electron chi connectivity index (χ0n) is 10.6. The van der Waals surface area contributed by atoms with Crippen LogP contribution in [0.1, 0.15) is 13.3 Å². The summed E-state index contributed by atoms with van der Waals surface area (Å²) in [5.41, 5.74) is 1.77. The lowest BCUT2D eigenvalue weighted by molar-refractivity contribution is -0.141. The largest absolute Gasteiger partial charge is 0.481 e. The summed E-state index contributed by atoms with van der Waals surface area (Å²) in [7, 11) is 0. The minimum absolute atomic E-state index is 0.352. The fraction of sp³-hybridized carbons (Fsp3) is 0.286. The molecule has 0 spiro atoms. The number of hydrogen-bond acceptors (Lipinski definition) is 3. The van der Waals surface area contributed by atoms with E-state index in [1.807, 2.05) is 24.3 Å². The lowest BCUT2D eigenvalue weighted by Crippen LogP contribution is -2.14. The summed E-state index contributed by atoms with van der Waals surface area (Å²) >= 11 is 5.93. The van der Waals surface area contributed by atoms with E-state index in [0.717, 1.165) is 16.6 Å². The molecule has 2 rings (SSSR count). The fourth-order valence-corrected chi connectivity index (χ4v) is 1.99. The summed E-state index contributed by atoms with van der Waals surface area (Å²) < 4.78 is 0. The Morgan fingerprint density at radius 1 is 1.47 bits per heavy atom. The quantitative estimate of drug-likeness (QED) is 0.880. The van der Waals surface area contributed by atoms with Crippen molar-refractivity contribution in [3.63, 3.8) is 0 Å². The smallest absolute Gasteiger partial charge is 0.306 e. The van der Waals surface area contributed by atoms with Crippen LogP contribution in [0.5, 0.6) is 0 Å². The molecule has 100 valence electrons. The van der Waals surface area contributed by atoms with Gasteiger partial charge in [0, 0.05) is 28.8 Å². The highest BCUT2D eigenvalue weighted by molar-refractivity contribution is 6.31. The summed E-state index contributed by atoms with van der Waals surface area (Å²) in [5, 5.41) is 13.7. The van der Waals surface area contributed by atoms with Gasteiger partial charge in [-0.15, -0.1) is 0 Å². The van der Waals surface area contributed by atoms with Gasteiger partial charge in [0.25, 0.3) is 0 Å². The van der Waals surface area contributed by atoms with Gasteiger partial charge in [-0.3, -0.25) is 9.78 Å². The molecule has 1 unspecified atom stereocenters. The minimum atomic E-state index is -0.770. The molecule has 0 aliphatic heterocycles. The number of halogens is 1. The lowest BCUT2D eigenvalue weighted by Gasteiger charge is -2.11. The number of rotatable bonds is 5. The first-order valence-electron chi connectivity index (χ1n) is 6.09. The standard InChI is InChI=1S/C14H15ClN2O2/c1-9(14(18)19)4-6-16-12-5-7-17-13-8-10(15)2-3-11(12)13/h2-3,5,7-9H,4,6H2,1H3,(H,16,17)(H,18,19). The summed E-state index contributed by atoms with van der Waals surface area (Å²) in [4.78, 5) is 15.0. The van der Waals surface area contributed by atoms with Gasteiger partial charge in [-0.2, -0.15) is 0 Å². The molecule has 19 heavy (non-hydrogen) atoms. The number of aromatic nitrogens is 1. The highest BCUT2D eigenvalue weighted by Gasteiger charge is 2.10. The molecule has 0 aliphatic rings. The molecule has 0 saturated carbocycles. The van der Waals surface area contributed by atoms with E-state index in [0.29, 0.717) is 18.0 Å². The van der Waals surface area contributed by atoms with E-state index in [1.54, 1.807) is 13.1 Å². The third-order valence-corrected chi connectivity index (χ3v) is 3.25. The van der Waals surface area contributed by atoms with E-state index in [-0.39, 0.29) is 5.92 Å². The van der Waals surface area contributed by atoms with Crippen LogP contribution in [0.25, 0.3) is 10.9 Å². The van der Waals surface area contributed by atoms with Crippen LogP contribution in [0.15, 0.2) is 30.5 Å². The maximum atomic E-state index is 10.7. The van der Waals surface area contributed by atoms with Crippen LogP contribution in [-0.2, 0) is 4.79 Å². The first kappa shape index (κ1) is 13.6. The Morgan fingerprint density at radius 2 is 2.26 bits per heavy atom. The molecule has 5 heteroatoms. The normalized spacial score (nSPS) is 12.3. The molecule has 1 heterocycles. The van der Waals surface area contributed by atoms with Crippen molar-refractivity contribution in [2.45, 2.75) is 13.3 Å². The monoisotopic (exact) mass is 278 g/mol. The second-order valence-electron chi connectivity index (χ2n) is 4.47. The molecule has 0 aliphatic carbocycles. The van der Waals surface area contributed by atoms with Crippen molar-refractivity contribution < 1.29 is 9.90 Å². The van der Waals surface area contributed by atoms with Gasteiger partial charge in [-0.05, 0) is 30.7 Å². The molecule has 0 radical (unpaired) electrons. The predicted octanol–water partition coefficient (Wildman–Crippen LogP) is 3.41. The number of carboxylic acids is 1. The van der Waals surface area contributed by atoms with Crippen LogP contribution >= 0.6 is 11.6 Å². The fourth-order valence-electron chi connectivity index (χ4n) is 1.82. The summed E-state index contributed by atoms with van der Waals surface area (Å²) in [6.45, 7) is 2.31. The van der Waals surface area contributed by atoms with E-state index in [2.05, 4.69) is 10.3 Å². The minimum Gasteiger partial charge on any atom is -0.481 e. The van der Waals surface area contributed by atoms with Crippen LogP contribution in [0.3, 0.4) is 0 Å². The van der Waals surface area contributed by atoms with E-state index in [4.69, 9.17) is 16.7 Å². The van der Waals surface area contributed by atoms with Crippen LogP contribution in [-0.4, -0.2) is 22.6 Å². The van der Waals surface area contributed by atoms with E-state index in [1.165, 1.54) is 0 Å². The van der Waals surface area contributed by atoms with Gasteiger partial charge in [0.2, 0.25) is 0 Å². The van der Waals surface area contributed by atoms with Gasteiger partial charge in [0.05, 0.1) is 11.4 Å². The third-order valence-electron chi connectivity index (χ3n) is 3.02. The van der Waals surface area contributed by atoms with E-state index < -0.39 is 5.97 Å². The van der Waals surface area contributed by atoms with Gasteiger partial charge in [0.15, 0.2) is 0 Å². The van der Waals surface area contributed by atoms with Crippen LogP contribution in [0, 0.1) is 5.92 Å². The van der Waals surface area contributed by atoms with Crippen molar-refractivity contribution >= 4 is 34.2 Å². The summed E-state index contributed by atoms with van der Waals surface area (Å²) in [6, 6.07) is 7.41. The summed E-state index contributed by atoms with van der Waals surface area (Å²) in [5.74, 6) is -1.12. The molecule has 1 aromatic carbocycles. The van der Waals surface area contributed by atoms with Crippen molar-refractivity contribution in [2.75, 3.05) is 11.9 Å². The van der Waals surface area contributed by atoms with Crippen LogP contribution in [0.4, 0.5) is 5.69 Å². The number of nitrogens with zero attached hydrogens (tertiary/aromatic N) is 1. The molecule has 0 saturated heterocycles. The second kappa shape index (κ2) is 5.89. The molecule has 0 bridgehead atoms. The van der Waals surface area contributed by atoms with E-state index >= 15 is 0 Å². The maximum Gasteiger partial charge on any atom is 0.306 e. The average molecular weight is 279 g/mol. The number of carbonyl (C=O) groups is 1. The molecule has 1 aromatic heterocycles. The molecule has 2 aromatic rings. The molecule has 4 nitrogen and oxygen atoms in total. The summed E-state index contributed by atoms with van der Waals surface area (Å²) in [6.07, 6.45) is 2.29. The van der Waals surface area contributed by atoms with Crippen molar-refractivity contribution in [1.82, 2.24) is 4.98 Å². The number of pyridine rings is 1. The lowest BCUT2D eigenvalue weighted by atomic mass is 10.1. The van der Waals surface area contributed by atoms with Crippen molar-refractivity contribution in [2.24, 2.45) is 5.92 Å². The van der Waals surface area contributed by atoms with Gasteiger partial charge >= 0.3 is 5.97 Å². The van der Waals surface area contributed by atoms with Crippen molar-refractivity contribution in [1.29, 1.82) is 0 Å². The Labute approximate surface area is 116 Å². The molecule has 2 N–H and O–H groups in total. The van der Waals surface area contributed by atoms with Gasteiger partial charge < -0.3 is 10.4 Å². The number of nitrogens with one attached hydrogen (secondary N) is 1. The van der Waals surface area contributed by atoms with Crippen molar-refractivity contribution in [3.8, 4) is 0 Å². The number of aliphatic carboxylic acids is 1. The van der Waals surface area contributed by atoms with Gasteiger partial charge in [-0.25, -0.2) is 0 Å². The Bertz CT molecular complexity index is 601. The van der Waals surface area contributed by atoms with E-state index in [9.17, 15) is 4.79 Å². The Hall–Kier alpha value is -1.81. The van der Waals surface area contributed by atoms with Crippen LogP contribution < -0.4 is 5.32 Å². The number of hydrogen-bond donors (Lipinski definition) is 2. The zero-order valence-corrected chi connectivity index (χ0v) is 11.3.